The minimum Gasteiger partial charge on any atom is -0.508 e. The molecule has 1 amide bonds. The largest absolute Gasteiger partial charge is 0.508 e. The molecular formula is C11H13NO4. The van der Waals surface area contributed by atoms with Crippen molar-refractivity contribution in [2.45, 2.75) is 13.3 Å². The number of carboxylic acids is 1. The molecule has 86 valence electrons. The number of carbonyl (C=O) groups is 2. The van der Waals surface area contributed by atoms with E-state index in [9.17, 15) is 9.59 Å². The van der Waals surface area contributed by atoms with Gasteiger partial charge in [-0.3, -0.25) is 9.59 Å². The van der Waals surface area contributed by atoms with Crippen molar-refractivity contribution < 1.29 is 19.8 Å². The number of benzene rings is 1. The topological polar surface area (TPSA) is 101 Å². The van der Waals surface area contributed by atoms with Gasteiger partial charge in [-0.05, 0) is 31.0 Å². The van der Waals surface area contributed by atoms with Crippen LogP contribution in [0.1, 0.15) is 12.5 Å². The molecule has 4 N–H and O–H groups in total. The number of primary amides is 1. The number of rotatable bonds is 4. The number of carbonyl (C=O) groups excluding carboxylic acids is 1. The summed E-state index contributed by atoms with van der Waals surface area (Å²) in [4.78, 5) is 22.1. The van der Waals surface area contributed by atoms with Gasteiger partial charge in [0.05, 0.1) is 0 Å². The first-order valence-corrected chi connectivity index (χ1v) is 4.67. The molecule has 1 rings (SSSR count). The van der Waals surface area contributed by atoms with Gasteiger partial charge >= 0.3 is 5.97 Å². The number of phenols is 1. The SMILES string of the molecule is CC(Cc1ccc(O)cc1)(C(N)=O)C(=O)O. The van der Waals surface area contributed by atoms with Gasteiger partial charge in [0.2, 0.25) is 5.91 Å². The third-order valence-corrected chi connectivity index (χ3v) is 2.51. The lowest BCUT2D eigenvalue weighted by molar-refractivity contribution is -0.153. The summed E-state index contributed by atoms with van der Waals surface area (Å²) in [6, 6.07) is 5.97. The first kappa shape index (κ1) is 12.0. The van der Waals surface area contributed by atoms with Crippen molar-refractivity contribution in [2.75, 3.05) is 0 Å². The molecule has 16 heavy (non-hydrogen) atoms. The molecule has 0 saturated heterocycles. The molecule has 0 saturated carbocycles. The number of phenolic OH excluding ortho intramolecular Hbond substituents is 1. The second-order valence-electron chi connectivity index (χ2n) is 3.84. The number of amides is 1. The Labute approximate surface area is 92.5 Å². The van der Waals surface area contributed by atoms with Crippen molar-refractivity contribution in [1.29, 1.82) is 0 Å². The van der Waals surface area contributed by atoms with Gasteiger partial charge in [-0.15, -0.1) is 0 Å². The van der Waals surface area contributed by atoms with Gasteiger partial charge in [-0.2, -0.15) is 0 Å². The quantitative estimate of drug-likeness (QED) is 0.647. The minimum atomic E-state index is -1.63. The van der Waals surface area contributed by atoms with Crippen LogP contribution in [0.15, 0.2) is 24.3 Å². The highest BCUT2D eigenvalue weighted by molar-refractivity contribution is 6.00. The number of aromatic hydroxyl groups is 1. The Morgan fingerprint density at radius 2 is 1.81 bits per heavy atom. The summed E-state index contributed by atoms with van der Waals surface area (Å²) in [6.07, 6.45) is -0.00204. The van der Waals surface area contributed by atoms with Crippen molar-refractivity contribution in [3.8, 4) is 5.75 Å². The van der Waals surface area contributed by atoms with Gasteiger partial charge in [-0.1, -0.05) is 12.1 Å². The summed E-state index contributed by atoms with van der Waals surface area (Å²) in [7, 11) is 0. The average Bonchev–Trinajstić information content (AvgIpc) is 2.20. The fourth-order valence-corrected chi connectivity index (χ4v) is 1.29. The van der Waals surface area contributed by atoms with E-state index in [1.54, 1.807) is 12.1 Å². The number of hydrogen-bond acceptors (Lipinski definition) is 3. The molecule has 1 aromatic rings. The maximum absolute atomic E-state index is 11.1. The summed E-state index contributed by atoms with van der Waals surface area (Å²) in [5, 5.41) is 18.0. The molecule has 1 atom stereocenters. The predicted octanol–water partition coefficient (Wildman–Crippen LogP) is 0.511. The molecular weight excluding hydrogens is 210 g/mol. The lowest BCUT2D eigenvalue weighted by Crippen LogP contribution is -2.43. The molecule has 1 unspecified atom stereocenters. The fourth-order valence-electron chi connectivity index (χ4n) is 1.29. The summed E-state index contributed by atoms with van der Waals surface area (Å²) in [5.74, 6) is -2.05. The molecule has 0 heterocycles. The fraction of sp³-hybridized carbons (Fsp3) is 0.273. The van der Waals surface area contributed by atoms with Crippen LogP contribution in [0.2, 0.25) is 0 Å². The molecule has 0 bridgehead atoms. The molecule has 1 aromatic carbocycles. The van der Waals surface area contributed by atoms with Gasteiger partial charge in [0.1, 0.15) is 11.2 Å². The molecule has 0 aliphatic rings. The molecule has 5 nitrogen and oxygen atoms in total. The Kier molecular flexibility index (Phi) is 3.17. The predicted molar refractivity (Wildman–Crippen MR) is 56.7 cm³/mol. The van der Waals surface area contributed by atoms with E-state index in [0.29, 0.717) is 5.56 Å². The maximum atomic E-state index is 11.1. The van der Waals surface area contributed by atoms with Crippen molar-refractivity contribution >= 4 is 11.9 Å². The van der Waals surface area contributed by atoms with E-state index in [1.165, 1.54) is 19.1 Å². The van der Waals surface area contributed by atoms with Crippen molar-refractivity contribution in [3.63, 3.8) is 0 Å². The molecule has 5 heteroatoms. The number of nitrogens with two attached hydrogens (primary N) is 1. The zero-order valence-corrected chi connectivity index (χ0v) is 8.80. The zero-order valence-electron chi connectivity index (χ0n) is 8.80. The Hall–Kier alpha value is -2.04. The Bertz CT molecular complexity index is 396. The first-order valence-electron chi connectivity index (χ1n) is 4.67. The van der Waals surface area contributed by atoms with Crippen LogP contribution in [-0.4, -0.2) is 22.1 Å². The van der Waals surface area contributed by atoms with Crippen LogP contribution in [-0.2, 0) is 16.0 Å². The monoisotopic (exact) mass is 223 g/mol. The van der Waals surface area contributed by atoms with Gasteiger partial charge < -0.3 is 15.9 Å². The van der Waals surface area contributed by atoms with Crippen LogP contribution in [0.25, 0.3) is 0 Å². The van der Waals surface area contributed by atoms with Gasteiger partial charge in [0.25, 0.3) is 0 Å². The van der Waals surface area contributed by atoms with Gasteiger partial charge in [-0.25, -0.2) is 0 Å². The molecule has 0 aromatic heterocycles. The Morgan fingerprint density at radius 1 is 1.31 bits per heavy atom. The van der Waals surface area contributed by atoms with Crippen LogP contribution in [0.3, 0.4) is 0 Å². The van der Waals surface area contributed by atoms with Crippen LogP contribution >= 0.6 is 0 Å². The highest BCUT2D eigenvalue weighted by Gasteiger charge is 2.39. The summed E-state index contributed by atoms with van der Waals surface area (Å²) in [6.45, 7) is 1.28. The summed E-state index contributed by atoms with van der Waals surface area (Å²) < 4.78 is 0. The smallest absolute Gasteiger partial charge is 0.319 e. The Morgan fingerprint density at radius 3 is 2.19 bits per heavy atom. The van der Waals surface area contributed by atoms with Gasteiger partial charge in [0, 0.05) is 0 Å². The molecule has 0 aliphatic heterocycles. The summed E-state index contributed by atoms with van der Waals surface area (Å²) in [5.41, 5.74) is 4.08. The van der Waals surface area contributed by atoms with E-state index in [4.69, 9.17) is 15.9 Å². The minimum absolute atomic E-state index is 0.00204. The van der Waals surface area contributed by atoms with Crippen LogP contribution in [0, 0.1) is 5.41 Å². The first-order chi connectivity index (χ1) is 7.36. The van der Waals surface area contributed by atoms with Crippen LogP contribution in [0.5, 0.6) is 5.75 Å². The van der Waals surface area contributed by atoms with E-state index in [-0.39, 0.29) is 12.2 Å². The normalized spacial score (nSPS) is 14.1. The number of hydrogen-bond donors (Lipinski definition) is 3. The second kappa shape index (κ2) is 4.22. The van der Waals surface area contributed by atoms with Crippen molar-refractivity contribution in [3.05, 3.63) is 29.8 Å². The highest BCUT2D eigenvalue weighted by Crippen LogP contribution is 2.23. The average molecular weight is 223 g/mol. The van der Waals surface area contributed by atoms with Crippen molar-refractivity contribution in [2.24, 2.45) is 11.1 Å². The van der Waals surface area contributed by atoms with Crippen LogP contribution < -0.4 is 5.73 Å². The number of carboxylic acid groups (broad SMARTS) is 1. The van der Waals surface area contributed by atoms with E-state index in [2.05, 4.69) is 0 Å². The second-order valence-corrected chi connectivity index (χ2v) is 3.84. The Balaban J connectivity index is 2.97. The summed E-state index contributed by atoms with van der Waals surface area (Å²) >= 11 is 0. The van der Waals surface area contributed by atoms with Crippen LogP contribution in [0.4, 0.5) is 0 Å². The maximum Gasteiger partial charge on any atom is 0.319 e. The zero-order chi connectivity index (χ0) is 12.3. The lowest BCUT2D eigenvalue weighted by Gasteiger charge is -2.20. The van der Waals surface area contributed by atoms with E-state index in [1.807, 2.05) is 0 Å². The van der Waals surface area contributed by atoms with Gasteiger partial charge in [0.15, 0.2) is 0 Å². The standard InChI is InChI=1S/C11H13NO4/c1-11(9(12)14,10(15)16)6-7-2-4-8(13)5-3-7/h2-5,13H,6H2,1H3,(H2,12,14)(H,15,16). The molecule has 0 spiro atoms. The molecule has 0 aliphatic carbocycles. The van der Waals surface area contributed by atoms with E-state index < -0.39 is 17.3 Å². The highest BCUT2D eigenvalue weighted by atomic mass is 16.4. The molecule has 0 fully saturated rings. The lowest BCUT2D eigenvalue weighted by atomic mass is 9.83. The third kappa shape index (κ3) is 2.31. The van der Waals surface area contributed by atoms with Crippen molar-refractivity contribution in [1.82, 2.24) is 0 Å². The van der Waals surface area contributed by atoms with E-state index in [0.717, 1.165) is 0 Å². The third-order valence-electron chi connectivity index (χ3n) is 2.51. The van der Waals surface area contributed by atoms with E-state index >= 15 is 0 Å². The number of aliphatic carboxylic acids is 1. The molecule has 0 radical (unpaired) electrons.